The summed E-state index contributed by atoms with van der Waals surface area (Å²) in [4.78, 5) is 10.4. The van der Waals surface area contributed by atoms with Gasteiger partial charge in [0.25, 0.3) is 0 Å². The summed E-state index contributed by atoms with van der Waals surface area (Å²) in [6.07, 6.45) is 3.78. The molecule has 18 heavy (non-hydrogen) atoms. The highest BCUT2D eigenvalue weighted by molar-refractivity contribution is 5.85. The SMILES string of the molecule is CC(C)CCOCc1cccc(C=CC(=O)O)c1. The van der Waals surface area contributed by atoms with E-state index in [1.807, 2.05) is 24.3 Å². The minimum atomic E-state index is -0.936. The number of benzene rings is 1. The Labute approximate surface area is 108 Å². The molecule has 0 saturated heterocycles. The Morgan fingerprint density at radius 3 is 2.89 bits per heavy atom. The molecule has 0 amide bonds. The molecular formula is C15H20O3. The zero-order chi connectivity index (χ0) is 13.4. The first kappa shape index (κ1) is 14.5. The Morgan fingerprint density at radius 1 is 1.44 bits per heavy atom. The summed E-state index contributed by atoms with van der Waals surface area (Å²) in [6.45, 7) is 5.66. The van der Waals surface area contributed by atoms with Crippen LogP contribution in [0.5, 0.6) is 0 Å². The lowest BCUT2D eigenvalue weighted by atomic mass is 10.1. The summed E-state index contributed by atoms with van der Waals surface area (Å²) >= 11 is 0. The third-order valence-electron chi connectivity index (χ3n) is 2.48. The second kappa shape index (κ2) is 7.67. The molecular weight excluding hydrogens is 228 g/mol. The van der Waals surface area contributed by atoms with Gasteiger partial charge < -0.3 is 9.84 Å². The van der Waals surface area contributed by atoms with Crippen LogP contribution in [0.2, 0.25) is 0 Å². The van der Waals surface area contributed by atoms with Crippen molar-refractivity contribution in [3.8, 4) is 0 Å². The zero-order valence-corrected chi connectivity index (χ0v) is 10.9. The Balaban J connectivity index is 2.47. The van der Waals surface area contributed by atoms with E-state index in [0.29, 0.717) is 12.5 Å². The number of hydrogen-bond donors (Lipinski definition) is 1. The quantitative estimate of drug-likeness (QED) is 0.594. The Kier molecular flexibility index (Phi) is 6.15. The van der Waals surface area contributed by atoms with Crippen molar-refractivity contribution < 1.29 is 14.6 Å². The van der Waals surface area contributed by atoms with Crippen molar-refractivity contribution in [2.24, 2.45) is 5.92 Å². The van der Waals surface area contributed by atoms with Crippen molar-refractivity contribution in [1.82, 2.24) is 0 Å². The first-order valence-corrected chi connectivity index (χ1v) is 6.15. The summed E-state index contributed by atoms with van der Waals surface area (Å²) in [5.74, 6) is -0.288. The molecule has 1 rings (SSSR count). The number of carboxylic acid groups (broad SMARTS) is 1. The second-order valence-corrected chi connectivity index (χ2v) is 4.65. The van der Waals surface area contributed by atoms with Crippen LogP contribution in [0.15, 0.2) is 30.3 Å². The fourth-order valence-corrected chi connectivity index (χ4v) is 1.46. The number of carbonyl (C=O) groups is 1. The molecule has 0 unspecified atom stereocenters. The number of rotatable bonds is 7. The van der Waals surface area contributed by atoms with Crippen LogP contribution in [0.4, 0.5) is 0 Å². The van der Waals surface area contributed by atoms with E-state index >= 15 is 0 Å². The maximum Gasteiger partial charge on any atom is 0.328 e. The highest BCUT2D eigenvalue weighted by Crippen LogP contribution is 2.09. The van der Waals surface area contributed by atoms with Gasteiger partial charge in [-0.1, -0.05) is 32.0 Å². The van der Waals surface area contributed by atoms with Gasteiger partial charge in [0.05, 0.1) is 6.61 Å². The number of aliphatic carboxylic acids is 1. The van der Waals surface area contributed by atoms with Crippen molar-refractivity contribution >= 4 is 12.0 Å². The summed E-state index contributed by atoms with van der Waals surface area (Å²) < 4.78 is 5.57. The molecule has 98 valence electrons. The monoisotopic (exact) mass is 248 g/mol. The average Bonchev–Trinajstić information content (AvgIpc) is 2.32. The van der Waals surface area contributed by atoms with E-state index in [0.717, 1.165) is 30.2 Å². The predicted molar refractivity (Wildman–Crippen MR) is 72.2 cm³/mol. The molecule has 1 aromatic rings. The molecule has 0 bridgehead atoms. The summed E-state index contributed by atoms with van der Waals surface area (Å²) in [6, 6.07) is 7.70. The smallest absolute Gasteiger partial charge is 0.328 e. The second-order valence-electron chi connectivity index (χ2n) is 4.65. The van der Waals surface area contributed by atoms with Crippen LogP contribution in [0.25, 0.3) is 6.08 Å². The minimum Gasteiger partial charge on any atom is -0.478 e. The summed E-state index contributed by atoms with van der Waals surface area (Å²) in [5, 5.41) is 8.56. The summed E-state index contributed by atoms with van der Waals surface area (Å²) in [7, 11) is 0. The van der Waals surface area contributed by atoms with E-state index in [9.17, 15) is 4.79 Å². The maximum atomic E-state index is 10.4. The van der Waals surface area contributed by atoms with E-state index in [4.69, 9.17) is 9.84 Å². The van der Waals surface area contributed by atoms with E-state index in [1.54, 1.807) is 6.08 Å². The molecule has 0 spiro atoms. The molecule has 0 heterocycles. The molecule has 0 aliphatic rings. The molecule has 0 aliphatic heterocycles. The Bertz CT molecular complexity index is 408. The molecule has 1 N–H and O–H groups in total. The number of ether oxygens (including phenoxy) is 1. The maximum absolute atomic E-state index is 10.4. The topological polar surface area (TPSA) is 46.5 Å². The van der Waals surface area contributed by atoms with Crippen LogP contribution < -0.4 is 0 Å². The average molecular weight is 248 g/mol. The van der Waals surface area contributed by atoms with Gasteiger partial charge in [-0.2, -0.15) is 0 Å². The Hall–Kier alpha value is -1.61. The molecule has 3 heteroatoms. The van der Waals surface area contributed by atoms with Gasteiger partial charge in [-0.15, -0.1) is 0 Å². The van der Waals surface area contributed by atoms with Gasteiger partial charge in [0.2, 0.25) is 0 Å². The minimum absolute atomic E-state index is 0.571. The summed E-state index contributed by atoms with van der Waals surface area (Å²) in [5.41, 5.74) is 1.94. The van der Waals surface area contributed by atoms with Crippen LogP contribution in [-0.2, 0) is 16.1 Å². The van der Waals surface area contributed by atoms with E-state index in [1.165, 1.54) is 0 Å². The van der Waals surface area contributed by atoms with Crippen molar-refractivity contribution in [2.75, 3.05) is 6.61 Å². The van der Waals surface area contributed by atoms with Gasteiger partial charge in [-0.3, -0.25) is 0 Å². The van der Waals surface area contributed by atoms with Crippen molar-refractivity contribution in [3.63, 3.8) is 0 Å². The zero-order valence-electron chi connectivity index (χ0n) is 10.9. The first-order chi connectivity index (χ1) is 8.58. The first-order valence-electron chi connectivity index (χ1n) is 6.15. The van der Waals surface area contributed by atoms with Gasteiger partial charge in [-0.05, 0) is 35.6 Å². The van der Waals surface area contributed by atoms with Crippen LogP contribution in [0.1, 0.15) is 31.4 Å². The highest BCUT2D eigenvalue weighted by atomic mass is 16.5. The van der Waals surface area contributed by atoms with Crippen molar-refractivity contribution in [1.29, 1.82) is 0 Å². The predicted octanol–water partition coefficient (Wildman–Crippen LogP) is 3.35. The van der Waals surface area contributed by atoms with E-state index < -0.39 is 5.97 Å². The van der Waals surface area contributed by atoms with Crippen molar-refractivity contribution in [2.45, 2.75) is 26.9 Å². The van der Waals surface area contributed by atoms with Gasteiger partial charge in [0.15, 0.2) is 0 Å². The lowest BCUT2D eigenvalue weighted by Gasteiger charge is -2.07. The van der Waals surface area contributed by atoms with Crippen LogP contribution >= 0.6 is 0 Å². The van der Waals surface area contributed by atoms with Crippen LogP contribution in [-0.4, -0.2) is 17.7 Å². The fourth-order valence-electron chi connectivity index (χ4n) is 1.46. The number of hydrogen-bond acceptors (Lipinski definition) is 2. The van der Waals surface area contributed by atoms with Gasteiger partial charge in [0.1, 0.15) is 0 Å². The number of carboxylic acids is 1. The van der Waals surface area contributed by atoms with Gasteiger partial charge in [-0.25, -0.2) is 4.79 Å². The molecule has 0 atom stereocenters. The molecule has 0 aromatic heterocycles. The third kappa shape index (κ3) is 6.21. The van der Waals surface area contributed by atoms with Crippen molar-refractivity contribution in [3.05, 3.63) is 41.5 Å². The highest BCUT2D eigenvalue weighted by Gasteiger charge is 1.97. The van der Waals surface area contributed by atoms with Gasteiger partial charge in [0, 0.05) is 12.7 Å². The normalized spacial score (nSPS) is 11.3. The Morgan fingerprint density at radius 2 is 2.22 bits per heavy atom. The largest absolute Gasteiger partial charge is 0.478 e. The fraction of sp³-hybridized carbons (Fsp3) is 0.400. The lowest BCUT2D eigenvalue weighted by Crippen LogP contribution is -1.99. The molecule has 1 aromatic carbocycles. The van der Waals surface area contributed by atoms with E-state index in [2.05, 4.69) is 13.8 Å². The lowest BCUT2D eigenvalue weighted by molar-refractivity contribution is -0.131. The van der Waals surface area contributed by atoms with Crippen LogP contribution in [0, 0.1) is 5.92 Å². The molecule has 0 fully saturated rings. The third-order valence-corrected chi connectivity index (χ3v) is 2.48. The van der Waals surface area contributed by atoms with Crippen LogP contribution in [0.3, 0.4) is 0 Å². The van der Waals surface area contributed by atoms with E-state index in [-0.39, 0.29) is 0 Å². The molecule has 3 nitrogen and oxygen atoms in total. The standard InChI is InChI=1S/C15H20O3/c1-12(2)8-9-18-11-14-5-3-4-13(10-14)6-7-15(16)17/h3-7,10,12H,8-9,11H2,1-2H3,(H,16,17). The molecule has 0 radical (unpaired) electrons. The molecule has 0 saturated carbocycles. The van der Waals surface area contributed by atoms with Gasteiger partial charge >= 0.3 is 5.97 Å². The molecule has 0 aliphatic carbocycles.